The highest BCUT2D eigenvalue weighted by atomic mass is 32.1. The van der Waals surface area contributed by atoms with E-state index in [1.807, 2.05) is 17.5 Å². The maximum Gasteiger partial charge on any atom is 0.322 e. The first kappa shape index (κ1) is 13.7. The Kier molecular flexibility index (Phi) is 2.98. The summed E-state index contributed by atoms with van der Waals surface area (Å²) < 4.78 is 2.26. The molecule has 0 unspecified atom stereocenters. The number of urea groups is 1. The molecule has 0 bridgehead atoms. The number of rotatable bonds is 1. The second-order valence-electron chi connectivity index (χ2n) is 5.54. The van der Waals surface area contributed by atoms with Crippen molar-refractivity contribution < 1.29 is 14.4 Å². The molecule has 1 spiro atoms. The number of fused-ring (bicyclic) bond motifs is 1. The lowest BCUT2D eigenvalue weighted by atomic mass is 9.87. The second-order valence-corrected chi connectivity index (χ2v) is 7.57. The largest absolute Gasteiger partial charge is 0.338 e. The quantitative estimate of drug-likeness (QED) is 0.780. The Morgan fingerprint density at radius 3 is 2.64 bits per heavy atom. The van der Waals surface area contributed by atoms with E-state index in [9.17, 15) is 14.4 Å². The second kappa shape index (κ2) is 4.79. The molecular weight excluding hydrogens is 322 g/mol. The van der Waals surface area contributed by atoms with Crippen LogP contribution < -0.4 is 10.6 Å². The normalized spacial score (nSPS) is 20.5. The SMILES string of the molecule is O=C1NC(=O)C2(CCN(C(=O)c3cc4sccc4s3)CC2)N1. The van der Waals surface area contributed by atoms with Gasteiger partial charge in [0.15, 0.2) is 0 Å². The lowest BCUT2D eigenvalue weighted by Crippen LogP contribution is -2.55. The smallest absolute Gasteiger partial charge is 0.322 e. The zero-order valence-corrected chi connectivity index (χ0v) is 13.2. The molecule has 2 aliphatic heterocycles. The molecule has 0 aromatic carbocycles. The van der Waals surface area contributed by atoms with E-state index in [2.05, 4.69) is 10.6 Å². The van der Waals surface area contributed by atoms with Gasteiger partial charge in [0, 0.05) is 22.5 Å². The summed E-state index contributed by atoms with van der Waals surface area (Å²) in [7, 11) is 0. The third-order valence-electron chi connectivity index (χ3n) is 4.27. The van der Waals surface area contributed by atoms with Crippen molar-refractivity contribution in [3.05, 3.63) is 22.4 Å². The van der Waals surface area contributed by atoms with Gasteiger partial charge in [-0.15, -0.1) is 22.7 Å². The number of hydrogen-bond donors (Lipinski definition) is 2. The fourth-order valence-corrected chi connectivity index (χ4v) is 5.08. The average Bonchev–Trinajstić information content (AvgIpc) is 3.14. The zero-order chi connectivity index (χ0) is 15.3. The van der Waals surface area contributed by atoms with Crippen molar-refractivity contribution in [2.45, 2.75) is 18.4 Å². The van der Waals surface area contributed by atoms with Crippen molar-refractivity contribution in [3.8, 4) is 0 Å². The molecule has 2 aliphatic rings. The van der Waals surface area contributed by atoms with Crippen LogP contribution in [-0.2, 0) is 4.79 Å². The summed E-state index contributed by atoms with van der Waals surface area (Å²) in [6, 6.07) is 3.51. The standard InChI is InChI=1S/C14H13N3O3S2/c18-11(10-7-9-8(22-10)1-6-21-9)17-4-2-14(3-5-17)12(19)15-13(20)16-14/h1,6-7H,2-5H2,(H2,15,16,19,20). The zero-order valence-electron chi connectivity index (χ0n) is 11.5. The van der Waals surface area contributed by atoms with Crippen molar-refractivity contribution >= 4 is 49.9 Å². The fraction of sp³-hybridized carbons (Fsp3) is 0.357. The molecule has 0 saturated carbocycles. The van der Waals surface area contributed by atoms with Crippen LogP contribution >= 0.6 is 22.7 Å². The molecule has 4 rings (SSSR count). The average molecular weight is 335 g/mol. The lowest BCUT2D eigenvalue weighted by molar-refractivity contribution is -0.125. The van der Waals surface area contributed by atoms with E-state index in [1.54, 1.807) is 16.2 Å². The summed E-state index contributed by atoms with van der Waals surface area (Å²) >= 11 is 3.13. The molecule has 4 amide bonds. The number of likely N-dealkylation sites (tertiary alicyclic amines) is 1. The lowest BCUT2D eigenvalue weighted by Gasteiger charge is -2.36. The van der Waals surface area contributed by atoms with Crippen LogP contribution in [0.2, 0.25) is 0 Å². The summed E-state index contributed by atoms with van der Waals surface area (Å²) in [6.45, 7) is 0.941. The molecule has 6 nitrogen and oxygen atoms in total. The first-order valence-electron chi connectivity index (χ1n) is 6.97. The van der Waals surface area contributed by atoms with Crippen LogP contribution in [0.15, 0.2) is 17.5 Å². The Morgan fingerprint density at radius 1 is 1.23 bits per heavy atom. The minimum absolute atomic E-state index is 0.00739. The van der Waals surface area contributed by atoms with Crippen LogP contribution in [0.1, 0.15) is 22.5 Å². The van der Waals surface area contributed by atoms with Gasteiger partial charge >= 0.3 is 6.03 Å². The topological polar surface area (TPSA) is 78.5 Å². The summed E-state index contributed by atoms with van der Waals surface area (Å²) in [5.74, 6) is -0.269. The predicted molar refractivity (Wildman–Crippen MR) is 84.2 cm³/mol. The third kappa shape index (κ3) is 2.02. The van der Waals surface area contributed by atoms with E-state index in [0.29, 0.717) is 25.9 Å². The molecule has 8 heteroatoms. The van der Waals surface area contributed by atoms with Gasteiger partial charge in [-0.3, -0.25) is 14.9 Å². The Bertz CT molecular complexity index is 758. The summed E-state index contributed by atoms with van der Waals surface area (Å²) in [5, 5.41) is 7.00. The van der Waals surface area contributed by atoms with E-state index in [0.717, 1.165) is 14.3 Å². The van der Waals surface area contributed by atoms with E-state index in [-0.39, 0.29) is 11.8 Å². The minimum Gasteiger partial charge on any atom is -0.338 e. The Hall–Kier alpha value is -1.93. The number of carbonyl (C=O) groups is 3. The molecule has 0 aliphatic carbocycles. The highest BCUT2D eigenvalue weighted by molar-refractivity contribution is 7.27. The third-order valence-corrected chi connectivity index (χ3v) is 6.35. The first-order valence-corrected chi connectivity index (χ1v) is 8.67. The molecule has 4 heterocycles. The summed E-state index contributed by atoms with van der Waals surface area (Å²) in [4.78, 5) is 38.3. The van der Waals surface area contributed by atoms with Gasteiger partial charge in [0.05, 0.1) is 4.88 Å². The van der Waals surface area contributed by atoms with E-state index in [1.165, 1.54) is 11.3 Å². The number of imide groups is 1. The van der Waals surface area contributed by atoms with Crippen LogP contribution in [0, 0.1) is 0 Å². The number of nitrogens with zero attached hydrogens (tertiary/aromatic N) is 1. The molecule has 2 fully saturated rings. The van der Waals surface area contributed by atoms with E-state index in [4.69, 9.17) is 0 Å². The molecule has 22 heavy (non-hydrogen) atoms. The molecule has 2 N–H and O–H groups in total. The number of nitrogens with one attached hydrogen (secondary N) is 2. The summed E-state index contributed by atoms with van der Waals surface area (Å²) in [5.41, 5.74) is -0.830. The van der Waals surface area contributed by atoms with Crippen LogP contribution in [-0.4, -0.2) is 41.4 Å². The van der Waals surface area contributed by atoms with E-state index >= 15 is 0 Å². The minimum atomic E-state index is -0.830. The van der Waals surface area contributed by atoms with Gasteiger partial charge in [0.1, 0.15) is 5.54 Å². The van der Waals surface area contributed by atoms with Crippen LogP contribution in [0.5, 0.6) is 0 Å². The molecule has 2 saturated heterocycles. The Morgan fingerprint density at radius 2 is 2.00 bits per heavy atom. The van der Waals surface area contributed by atoms with Crippen molar-refractivity contribution in [3.63, 3.8) is 0 Å². The van der Waals surface area contributed by atoms with Gasteiger partial charge in [-0.25, -0.2) is 4.79 Å². The number of amides is 4. The molecule has 2 aromatic rings. The van der Waals surface area contributed by atoms with Crippen molar-refractivity contribution in [2.75, 3.05) is 13.1 Å². The molecular formula is C14H13N3O3S2. The fourth-order valence-electron chi connectivity index (χ4n) is 3.00. The molecule has 2 aromatic heterocycles. The first-order chi connectivity index (χ1) is 10.6. The highest BCUT2D eigenvalue weighted by Gasteiger charge is 2.48. The van der Waals surface area contributed by atoms with Gasteiger partial charge < -0.3 is 10.2 Å². The van der Waals surface area contributed by atoms with Crippen molar-refractivity contribution in [1.82, 2.24) is 15.5 Å². The van der Waals surface area contributed by atoms with Gasteiger partial charge in [0.25, 0.3) is 11.8 Å². The van der Waals surface area contributed by atoms with Crippen molar-refractivity contribution in [1.29, 1.82) is 0 Å². The molecule has 0 atom stereocenters. The van der Waals surface area contributed by atoms with Gasteiger partial charge in [-0.2, -0.15) is 0 Å². The number of thiophene rings is 2. The van der Waals surface area contributed by atoms with Gasteiger partial charge in [-0.05, 0) is 30.4 Å². The monoisotopic (exact) mass is 335 g/mol. The van der Waals surface area contributed by atoms with Crippen LogP contribution in [0.25, 0.3) is 9.40 Å². The van der Waals surface area contributed by atoms with Gasteiger partial charge in [-0.1, -0.05) is 0 Å². The Balaban J connectivity index is 1.49. The maximum absolute atomic E-state index is 12.6. The predicted octanol–water partition coefficient (Wildman–Crippen LogP) is 1.78. The Labute approximate surface area is 134 Å². The van der Waals surface area contributed by atoms with Crippen LogP contribution in [0.4, 0.5) is 4.79 Å². The van der Waals surface area contributed by atoms with Crippen LogP contribution in [0.3, 0.4) is 0 Å². The number of piperidine rings is 1. The molecule has 114 valence electrons. The highest BCUT2D eigenvalue weighted by Crippen LogP contribution is 2.32. The number of carbonyl (C=O) groups excluding carboxylic acids is 3. The van der Waals surface area contributed by atoms with Crippen molar-refractivity contribution in [2.24, 2.45) is 0 Å². The van der Waals surface area contributed by atoms with E-state index < -0.39 is 11.6 Å². The number of hydrogen-bond acceptors (Lipinski definition) is 5. The molecule has 0 radical (unpaired) electrons. The maximum atomic E-state index is 12.6. The van der Waals surface area contributed by atoms with Gasteiger partial charge in [0.2, 0.25) is 0 Å². The summed E-state index contributed by atoms with van der Waals surface area (Å²) in [6.07, 6.45) is 0.909.